The summed E-state index contributed by atoms with van der Waals surface area (Å²) in [6.45, 7) is -0.386. The van der Waals surface area contributed by atoms with Crippen LogP contribution < -0.4 is 15.4 Å². The molecule has 0 amide bonds. The molecule has 0 aliphatic carbocycles. The number of rotatable bonds is 6. The number of alkyl halides is 3. The summed E-state index contributed by atoms with van der Waals surface area (Å²) in [6.07, 6.45) is -3.72. The topological polar surface area (TPSA) is 79.8 Å². The van der Waals surface area contributed by atoms with Crippen LogP contribution >= 0.6 is 24.0 Å². The van der Waals surface area contributed by atoms with Gasteiger partial charge in [0.25, 0.3) is 0 Å². The van der Waals surface area contributed by atoms with E-state index in [0.717, 1.165) is 5.56 Å². The van der Waals surface area contributed by atoms with Gasteiger partial charge in [0, 0.05) is 20.1 Å². The van der Waals surface area contributed by atoms with Crippen molar-refractivity contribution in [1.82, 2.24) is 10.6 Å². The van der Waals surface area contributed by atoms with Gasteiger partial charge in [-0.05, 0) is 30.0 Å². The lowest BCUT2D eigenvalue weighted by Gasteiger charge is -2.15. The van der Waals surface area contributed by atoms with Crippen molar-refractivity contribution in [2.75, 3.05) is 31.7 Å². The van der Waals surface area contributed by atoms with Gasteiger partial charge >= 0.3 is 6.18 Å². The first-order valence-electron chi connectivity index (χ1n) is 8.10. The summed E-state index contributed by atoms with van der Waals surface area (Å²) < 4.78 is 63.9. The van der Waals surface area contributed by atoms with Crippen molar-refractivity contribution in [3.63, 3.8) is 0 Å². The van der Waals surface area contributed by atoms with E-state index in [2.05, 4.69) is 20.4 Å². The summed E-state index contributed by atoms with van der Waals surface area (Å²) >= 11 is 0. The van der Waals surface area contributed by atoms with Crippen LogP contribution in [0, 0.1) is 5.92 Å². The number of ether oxygens (including phenoxy) is 1. The highest BCUT2D eigenvalue weighted by molar-refractivity contribution is 14.0. The molecule has 27 heavy (non-hydrogen) atoms. The minimum atomic E-state index is -4.36. The molecule has 0 aromatic heterocycles. The van der Waals surface area contributed by atoms with E-state index in [9.17, 15) is 21.6 Å². The molecule has 1 unspecified atom stereocenters. The molecule has 1 atom stereocenters. The Hall–Kier alpha value is -1.24. The molecule has 2 N–H and O–H groups in total. The van der Waals surface area contributed by atoms with Gasteiger partial charge in [-0.25, -0.2) is 8.42 Å². The zero-order valence-corrected chi connectivity index (χ0v) is 17.9. The van der Waals surface area contributed by atoms with Crippen molar-refractivity contribution in [3.8, 4) is 5.75 Å². The normalized spacial score (nSPS) is 19.3. The Balaban J connectivity index is 0.00000364. The number of halogens is 4. The molecule has 11 heteroatoms. The van der Waals surface area contributed by atoms with Gasteiger partial charge in [-0.2, -0.15) is 13.2 Å². The van der Waals surface area contributed by atoms with Crippen molar-refractivity contribution in [2.45, 2.75) is 19.1 Å². The van der Waals surface area contributed by atoms with Crippen LogP contribution in [0.4, 0.5) is 13.2 Å². The smallest absolute Gasteiger partial charge is 0.422 e. The number of sulfone groups is 1. The highest BCUT2D eigenvalue weighted by Crippen LogP contribution is 2.19. The first-order chi connectivity index (χ1) is 12.2. The average molecular weight is 521 g/mol. The summed E-state index contributed by atoms with van der Waals surface area (Å²) in [5.74, 6) is 1.18. The minimum absolute atomic E-state index is 0. The maximum atomic E-state index is 12.1. The third-order valence-electron chi connectivity index (χ3n) is 3.89. The fraction of sp³-hybridized carbons (Fsp3) is 0.562. The van der Waals surface area contributed by atoms with E-state index in [1.807, 2.05) is 0 Å². The Morgan fingerprint density at radius 1 is 1.26 bits per heavy atom. The van der Waals surface area contributed by atoms with Gasteiger partial charge in [0.15, 0.2) is 22.4 Å². The monoisotopic (exact) mass is 521 g/mol. The molecule has 2 rings (SSSR count). The van der Waals surface area contributed by atoms with Gasteiger partial charge < -0.3 is 15.4 Å². The number of guanidine groups is 1. The van der Waals surface area contributed by atoms with E-state index in [4.69, 9.17) is 0 Å². The minimum Gasteiger partial charge on any atom is -0.484 e. The lowest BCUT2D eigenvalue weighted by atomic mass is 10.1. The van der Waals surface area contributed by atoms with Crippen molar-refractivity contribution < 1.29 is 26.3 Å². The van der Waals surface area contributed by atoms with E-state index >= 15 is 0 Å². The predicted molar refractivity (Wildman–Crippen MR) is 108 cm³/mol. The SMILES string of the molecule is CN=C(NCc1ccc(OCC(F)(F)F)cc1)NCC1CCS(=O)(=O)C1.I. The van der Waals surface area contributed by atoms with Gasteiger partial charge in [-0.15, -0.1) is 24.0 Å². The molecule has 0 radical (unpaired) electrons. The molecular formula is C16H23F3IN3O3S. The van der Waals surface area contributed by atoms with Gasteiger partial charge in [0.2, 0.25) is 0 Å². The average Bonchev–Trinajstić information content (AvgIpc) is 2.92. The number of aliphatic imine (C=N–C) groups is 1. The van der Waals surface area contributed by atoms with Crippen molar-refractivity contribution in [3.05, 3.63) is 29.8 Å². The molecule has 1 saturated heterocycles. The molecule has 154 valence electrons. The Morgan fingerprint density at radius 3 is 2.44 bits per heavy atom. The fourth-order valence-electron chi connectivity index (χ4n) is 2.55. The quantitative estimate of drug-likeness (QED) is 0.342. The highest BCUT2D eigenvalue weighted by atomic mass is 127. The number of benzene rings is 1. The van der Waals surface area contributed by atoms with Crippen molar-refractivity contribution in [1.29, 1.82) is 0 Å². The standard InChI is InChI=1S/C16H22F3N3O3S.HI/c1-20-15(22-9-13-6-7-26(23,24)10-13)21-8-12-2-4-14(5-3-12)25-11-16(17,18)19;/h2-5,13H,6-11H2,1H3,(H2,20,21,22);1H. The molecule has 0 saturated carbocycles. The summed E-state index contributed by atoms with van der Waals surface area (Å²) in [4.78, 5) is 4.07. The third kappa shape index (κ3) is 9.00. The summed E-state index contributed by atoms with van der Waals surface area (Å²) in [5, 5.41) is 6.17. The molecule has 0 spiro atoms. The summed E-state index contributed by atoms with van der Waals surface area (Å²) in [5.41, 5.74) is 0.843. The first-order valence-corrected chi connectivity index (χ1v) is 9.92. The second-order valence-corrected chi connectivity index (χ2v) is 8.35. The molecule has 1 heterocycles. The van der Waals surface area contributed by atoms with Crippen LogP contribution in [0.2, 0.25) is 0 Å². The Bertz CT molecular complexity index is 725. The molecule has 6 nitrogen and oxygen atoms in total. The van der Waals surface area contributed by atoms with E-state index in [-0.39, 0.29) is 47.1 Å². The highest BCUT2D eigenvalue weighted by Gasteiger charge is 2.28. The van der Waals surface area contributed by atoms with E-state index in [0.29, 0.717) is 25.5 Å². The maximum Gasteiger partial charge on any atom is 0.422 e. The van der Waals surface area contributed by atoms with Gasteiger partial charge in [-0.1, -0.05) is 12.1 Å². The second-order valence-electron chi connectivity index (χ2n) is 6.12. The van der Waals surface area contributed by atoms with Gasteiger partial charge in [0.05, 0.1) is 11.5 Å². The zero-order valence-electron chi connectivity index (χ0n) is 14.8. The van der Waals surface area contributed by atoms with E-state index in [1.54, 1.807) is 19.2 Å². The largest absolute Gasteiger partial charge is 0.484 e. The molecular weight excluding hydrogens is 498 g/mol. The molecule has 1 aromatic rings. The maximum absolute atomic E-state index is 12.1. The van der Waals surface area contributed by atoms with Crippen molar-refractivity contribution >= 4 is 39.8 Å². The zero-order chi connectivity index (χ0) is 19.2. The van der Waals surface area contributed by atoms with Gasteiger partial charge in [-0.3, -0.25) is 4.99 Å². The van der Waals surface area contributed by atoms with Crippen LogP contribution in [0.3, 0.4) is 0 Å². The van der Waals surface area contributed by atoms with E-state index < -0.39 is 22.6 Å². The Kier molecular flexibility index (Phi) is 9.12. The lowest BCUT2D eigenvalue weighted by Crippen LogP contribution is -2.39. The first kappa shape index (κ1) is 23.8. The van der Waals surface area contributed by atoms with Crippen LogP contribution in [0.5, 0.6) is 5.75 Å². The van der Waals surface area contributed by atoms with Crippen LogP contribution in [0.15, 0.2) is 29.3 Å². The van der Waals surface area contributed by atoms with Crippen LogP contribution in [-0.2, 0) is 16.4 Å². The molecule has 0 bridgehead atoms. The van der Waals surface area contributed by atoms with E-state index in [1.165, 1.54) is 12.1 Å². The third-order valence-corrected chi connectivity index (χ3v) is 5.73. The summed E-state index contributed by atoms with van der Waals surface area (Å²) in [6, 6.07) is 6.27. The van der Waals surface area contributed by atoms with Gasteiger partial charge in [0.1, 0.15) is 5.75 Å². The molecule has 1 aromatic carbocycles. The van der Waals surface area contributed by atoms with Crippen molar-refractivity contribution in [2.24, 2.45) is 10.9 Å². The molecule has 1 fully saturated rings. The Labute approximate surface area is 173 Å². The summed E-state index contributed by atoms with van der Waals surface area (Å²) in [7, 11) is -1.30. The molecule has 1 aliphatic rings. The number of nitrogens with zero attached hydrogens (tertiary/aromatic N) is 1. The molecule has 1 aliphatic heterocycles. The number of hydrogen-bond acceptors (Lipinski definition) is 4. The second kappa shape index (κ2) is 10.3. The lowest BCUT2D eigenvalue weighted by molar-refractivity contribution is -0.153. The predicted octanol–water partition coefficient (Wildman–Crippen LogP) is 2.35. The fourth-order valence-corrected chi connectivity index (χ4v) is 4.41. The Morgan fingerprint density at radius 2 is 1.93 bits per heavy atom. The van der Waals surface area contributed by atoms with Crippen LogP contribution in [0.1, 0.15) is 12.0 Å². The van der Waals surface area contributed by atoms with Crippen LogP contribution in [0.25, 0.3) is 0 Å². The number of nitrogens with one attached hydrogen (secondary N) is 2. The van der Waals surface area contributed by atoms with Crippen LogP contribution in [-0.4, -0.2) is 52.3 Å². The number of hydrogen-bond donors (Lipinski definition) is 2.